The van der Waals surface area contributed by atoms with Crippen molar-refractivity contribution < 1.29 is 14.3 Å². The van der Waals surface area contributed by atoms with Gasteiger partial charge in [-0.25, -0.2) is 0 Å². The zero-order chi connectivity index (χ0) is 16.4. The third-order valence-electron chi connectivity index (χ3n) is 4.70. The second-order valence-corrected chi connectivity index (χ2v) is 6.54. The number of nitrogens with one attached hydrogen (secondary N) is 1. The van der Waals surface area contributed by atoms with Crippen molar-refractivity contribution in [1.82, 2.24) is 5.32 Å². The minimum Gasteiger partial charge on any atom is -0.479 e. The average molecular weight is 316 g/mol. The Morgan fingerprint density at radius 2 is 2.04 bits per heavy atom. The number of likely N-dealkylation sites (N-methyl/N-ethyl adjacent to an activating group) is 1. The third-order valence-corrected chi connectivity index (χ3v) is 4.70. The Kier molecular flexibility index (Phi) is 4.55. The molecule has 0 bridgehead atoms. The molecule has 2 amide bonds. The van der Waals surface area contributed by atoms with E-state index >= 15 is 0 Å². The smallest absolute Gasteiger partial charge is 0.267 e. The van der Waals surface area contributed by atoms with Crippen LogP contribution in [-0.2, 0) is 16.0 Å². The van der Waals surface area contributed by atoms with Crippen molar-refractivity contribution >= 4 is 17.5 Å². The molecule has 1 unspecified atom stereocenters. The van der Waals surface area contributed by atoms with E-state index < -0.39 is 6.10 Å². The lowest BCUT2D eigenvalue weighted by molar-refractivity contribution is -0.125. The Labute approximate surface area is 137 Å². The number of anilines is 1. The van der Waals surface area contributed by atoms with Gasteiger partial charge in [-0.15, -0.1) is 0 Å². The molecule has 1 aliphatic carbocycles. The molecule has 1 heterocycles. The van der Waals surface area contributed by atoms with E-state index in [2.05, 4.69) is 5.32 Å². The van der Waals surface area contributed by atoms with Gasteiger partial charge in [-0.05, 0) is 37.5 Å². The number of benzene rings is 1. The number of carbonyl (C=O) groups excluding carboxylic acids is 2. The molecule has 1 atom stereocenters. The molecule has 0 saturated heterocycles. The van der Waals surface area contributed by atoms with Crippen molar-refractivity contribution in [1.29, 1.82) is 0 Å². The van der Waals surface area contributed by atoms with Crippen LogP contribution in [0.4, 0.5) is 5.69 Å². The molecular weight excluding hydrogens is 292 g/mol. The van der Waals surface area contributed by atoms with Crippen LogP contribution in [0.1, 0.15) is 44.6 Å². The molecule has 124 valence electrons. The van der Waals surface area contributed by atoms with Gasteiger partial charge in [0, 0.05) is 13.1 Å². The Morgan fingerprint density at radius 1 is 1.30 bits per heavy atom. The molecule has 0 aromatic heterocycles. The highest BCUT2D eigenvalue weighted by Crippen LogP contribution is 2.34. The summed E-state index contributed by atoms with van der Waals surface area (Å²) in [6, 6.07) is 5.94. The van der Waals surface area contributed by atoms with Gasteiger partial charge in [0.05, 0.1) is 12.1 Å². The van der Waals surface area contributed by atoms with E-state index in [1.807, 2.05) is 18.2 Å². The predicted octanol–water partition coefficient (Wildman–Crippen LogP) is 2.42. The van der Waals surface area contributed by atoms with Gasteiger partial charge in [0.2, 0.25) is 5.91 Å². The van der Waals surface area contributed by atoms with E-state index in [-0.39, 0.29) is 11.8 Å². The summed E-state index contributed by atoms with van der Waals surface area (Å²) in [6.07, 6.45) is 5.71. The summed E-state index contributed by atoms with van der Waals surface area (Å²) < 4.78 is 5.60. The van der Waals surface area contributed by atoms with Gasteiger partial charge in [0.25, 0.3) is 5.91 Å². The van der Waals surface area contributed by atoms with E-state index in [9.17, 15) is 9.59 Å². The fourth-order valence-electron chi connectivity index (χ4n) is 3.38. The molecule has 5 nitrogen and oxygen atoms in total. The average Bonchev–Trinajstić information content (AvgIpc) is 2.54. The Balaban J connectivity index is 1.67. The van der Waals surface area contributed by atoms with Crippen molar-refractivity contribution in [2.24, 2.45) is 0 Å². The van der Waals surface area contributed by atoms with Crippen molar-refractivity contribution in [2.75, 3.05) is 11.9 Å². The number of ether oxygens (including phenoxy) is 1. The molecule has 1 N–H and O–H groups in total. The standard InChI is InChI=1S/C18H24N2O3/c1-12-18(22)20(2)15-10-13(8-9-16(15)23-12)11-17(21)19-14-6-4-3-5-7-14/h8-10,12,14H,3-7,11H2,1-2H3,(H,19,21). The molecule has 2 aliphatic rings. The fraction of sp³-hybridized carbons (Fsp3) is 0.556. The number of nitrogens with zero attached hydrogens (tertiary/aromatic N) is 1. The van der Waals surface area contributed by atoms with Gasteiger partial charge >= 0.3 is 0 Å². The van der Waals surface area contributed by atoms with Gasteiger partial charge in [-0.1, -0.05) is 25.3 Å². The van der Waals surface area contributed by atoms with E-state index in [0.717, 1.165) is 24.1 Å². The Morgan fingerprint density at radius 3 is 2.78 bits per heavy atom. The topological polar surface area (TPSA) is 58.6 Å². The fourth-order valence-corrected chi connectivity index (χ4v) is 3.38. The summed E-state index contributed by atoms with van der Waals surface area (Å²) in [5, 5.41) is 3.12. The molecule has 3 rings (SSSR count). The van der Waals surface area contributed by atoms with Crippen LogP contribution in [-0.4, -0.2) is 31.0 Å². The maximum Gasteiger partial charge on any atom is 0.267 e. The summed E-state index contributed by atoms with van der Waals surface area (Å²) in [7, 11) is 1.74. The van der Waals surface area contributed by atoms with Crippen LogP contribution in [0.25, 0.3) is 0 Å². The Bertz CT molecular complexity index is 608. The largest absolute Gasteiger partial charge is 0.479 e. The summed E-state index contributed by atoms with van der Waals surface area (Å²) >= 11 is 0. The summed E-state index contributed by atoms with van der Waals surface area (Å²) in [5.74, 6) is 0.674. The highest BCUT2D eigenvalue weighted by molar-refractivity contribution is 5.99. The Hall–Kier alpha value is -2.04. The number of amides is 2. The van der Waals surface area contributed by atoms with Gasteiger partial charge in [0.1, 0.15) is 5.75 Å². The summed E-state index contributed by atoms with van der Waals surface area (Å²) in [4.78, 5) is 25.8. The van der Waals surface area contributed by atoms with Crippen molar-refractivity contribution in [3.05, 3.63) is 23.8 Å². The zero-order valence-corrected chi connectivity index (χ0v) is 13.8. The van der Waals surface area contributed by atoms with Crippen LogP contribution in [0, 0.1) is 0 Å². The second kappa shape index (κ2) is 6.60. The van der Waals surface area contributed by atoms with Crippen molar-refractivity contribution in [3.8, 4) is 5.75 Å². The second-order valence-electron chi connectivity index (χ2n) is 6.54. The first-order valence-corrected chi connectivity index (χ1v) is 8.41. The monoisotopic (exact) mass is 316 g/mol. The third kappa shape index (κ3) is 3.49. The molecule has 23 heavy (non-hydrogen) atoms. The van der Waals surface area contributed by atoms with E-state index in [1.54, 1.807) is 18.9 Å². The summed E-state index contributed by atoms with van der Waals surface area (Å²) in [5.41, 5.74) is 1.63. The van der Waals surface area contributed by atoms with Crippen molar-refractivity contribution in [3.63, 3.8) is 0 Å². The van der Waals surface area contributed by atoms with Crippen LogP contribution in [0.15, 0.2) is 18.2 Å². The first kappa shape index (κ1) is 15.8. The maximum absolute atomic E-state index is 12.2. The highest BCUT2D eigenvalue weighted by Gasteiger charge is 2.29. The minimum atomic E-state index is -0.465. The van der Waals surface area contributed by atoms with E-state index in [4.69, 9.17) is 4.74 Å². The lowest BCUT2D eigenvalue weighted by Gasteiger charge is -2.30. The van der Waals surface area contributed by atoms with Crippen LogP contribution >= 0.6 is 0 Å². The van der Waals surface area contributed by atoms with Gasteiger partial charge in [0.15, 0.2) is 6.10 Å². The molecule has 1 aromatic rings. The molecular formula is C18H24N2O3. The number of hydrogen-bond acceptors (Lipinski definition) is 3. The SMILES string of the molecule is CC1Oc2ccc(CC(=O)NC3CCCCC3)cc2N(C)C1=O. The molecule has 5 heteroatoms. The first-order chi connectivity index (χ1) is 11.0. The minimum absolute atomic E-state index is 0.0518. The summed E-state index contributed by atoms with van der Waals surface area (Å²) in [6.45, 7) is 1.74. The molecule has 1 fully saturated rings. The number of fused-ring (bicyclic) bond motifs is 1. The number of rotatable bonds is 3. The number of hydrogen-bond donors (Lipinski definition) is 1. The molecule has 0 radical (unpaired) electrons. The van der Waals surface area contributed by atoms with Crippen molar-refractivity contribution in [2.45, 2.75) is 57.6 Å². The normalized spacial score (nSPS) is 21.6. The van der Waals surface area contributed by atoms with E-state index in [0.29, 0.717) is 18.2 Å². The predicted molar refractivity (Wildman–Crippen MR) is 88.7 cm³/mol. The molecule has 1 aliphatic heterocycles. The van der Waals surface area contributed by atoms with E-state index in [1.165, 1.54) is 19.3 Å². The van der Waals surface area contributed by atoms with Crippen LogP contribution in [0.2, 0.25) is 0 Å². The molecule has 0 spiro atoms. The van der Waals surface area contributed by atoms with Gasteiger partial charge in [-0.3, -0.25) is 9.59 Å². The lowest BCUT2D eigenvalue weighted by Crippen LogP contribution is -2.42. The molecule has 1 saturated carbocycles. The maximum atomic E-state index is 12.2. The quantitative estimate of drug-likeness (QED) is 0.931. The molecule has 1 aromatic carbocycles. The van der Waals surface area contributed by atoms with Crippen LogP contribution < -0.4 is 15.0 Å². The zero-order valence-electron chi connectivity index (χ0n) is 13.8. The van der Waals surface area contributed by atoms with Crippen LogP contribution in [0.5, 0.6) is 5.75 Å². The van der Waals surface area contributed by atoms with Gasteiger partial charge in [-0.2, -0.15) is 0 Å². The first-order valence-electron chi connectivity index (χ1n) is 8.41. The van der Waals surface area contributed by atoms with Gasteiger partial charge < -0.3 is 15.0 Å². The number of carbonyl (C=O) groups is 2. The lowest BCUT2D eigenvalue weighted by atomic mass is 9.95. The highest BCUT2D eigenvalue weighted by atomic mass is 16.5. The van der Waals surface area contributed by atoms with Crippen LogP contribution in [0.3, 0.4) is 0 Å².